The van der Waals surface area contributed by atoms with Gasteiger partial charge in [0.05, 0.1) is 12.6 Å². The molecular formula is C15H18N2O. The maximum Gasteiger partial charge on any atom is 0.0626 e. The van der Waals surface area contributed by atoms with Crippen LogP contribution in [0.25, 0.3) is 0 Å². The van der Waals surface area contributed by atoms with Gasteiger partial charge in [0.15, 0.2) is 0 Å². The molecule has 2 aromatic rings. The predicted octanol–water partition coefficient (Wildman–Crippen LogP) is 1.95. The molecule has 1 heterocycles. The first-order valence-corrected chi connectivity index (χ1v) is 6.19. The van der Waals surface area contributed by atoms with Crippen molar-refractivity contribution in [2.75, 3.05) is 13.2 Å². The summed E-state index contributed by atoms with van der Waals surface area (Å²) in [5.41, 5.74) is 2.18. The SMILES string of the molecule is OCC(NCCc1ccccn1)c1ccccc1. The molecule has 3 heteroatoms. The van der Waals surface area contributed by atoms with Crippen molar-refractivity contribution in [2.24, 2.45) is 0 Å². The standard InChI is InChI=1S/C15H18N2O/c18-12-15(13-6-2-1-3-7-13)17-11-9-14-8-4-5-10-16-14/h1-8,10,15,17-18H,9,11-12H2. The van der Waals surface area contributed by atoms with Crippen molar-refractivity contribution in [3.05, 3.63) is 66.0 Å². The van der Waals surface area contributed by atoms with Gasteiger partial charge in [0.2, 0.25) is 0 Å². The summed E-state index contributed by atoms with van der Waals surface area (Å²) in [5.74, 6) is 0. The Morgan fingerprint density at radius 3 is 2.50 bits per heavy atom. The van der Waals surface area contributed by atoms with Crippen LogP contribution in [0.15, 0.2) is 54.7 Å². The number of aliphatic hydroxyl groups excluding tert-OH is 1. The third-order valence-corrected chi connectivity index (χ3v) is 2.88. The molecular weight excluding hydrogens is 224 g/mol. The van der Waals surface area contributed by atoms with E-state index in [1.54, 1.807) is 6.20 Å². The number of hydrogen-bond donors (Lipinski definition) is 2. The lowest BCUT2D eigenvalue weighted by molar-refractivity contribution is 0.245. The molecule has 0 amide bonds. The Kier molecular flexibility index (Phi) is 4.88. The molecule has 0 spiro atoms. The summed E-state index contributed by atoms with van der Waals surface area (Å²) in [4.78, 5) is 4.27. The minimum Gasteiger partial charge on any atom is -0.394 e. The first-order valence-electron chi connectivity index (χ1n) is 6.19. The number of nitrogens with zero attached hydrogens (tertiary/aromatic N) is 1. The van der Waals surface area contributed by atoms with Crippen LogP contribution in [0.4, 0.5) is 0 Å². The molecule has 0 fully saturated rings. The van der Waals surface area contributed by atoms with Gasteiger partial charge in [-0.2, -0.15) is 0 Å². The number of aromatic nitrogens is 1. The molecule has 94 valence electrons. The van der Waals surface area contributed by atoms with Gasteiger partial charge in [-0.15, -0.1) is 0 Å². The second kappa shape index (κ2) is 6.89. The molecule has 1 unspecified atom stereocenters. The Bertz CT molecular complexity index is 445. The quantitative estimate of drug-likeness (QED) is 0.813. The zero-order valence-corrected chi connectivity index (χ0v) is 10.3. The molecule has 1 atom stereocenters. The summed E-state index contributed by atoms with van der Waals surface area (Å²) < 4.78 is 0. The molecule has 3 nitrogen and oxygen atoms in total. The fraction of sp³-hybridized carbons (Fsp3) is 0.267. The van der Waals surface area contributed by atoms with E-state index in [2.05, 4.69) is 10.3 Å². The summed E-state index contributed by atoms with van der Waals surface area (Å²) in [6, 6.07) is 15.9. The number of hydrogen-bond acceptors (Lipinski definition) is 3. The van der Waals surface area contributed by atoms with E-state index in [0.717, 1.165) is 24.2 Å². The lowest BCUT2D eigenvalue weighted by Crippen LogP contribution is -2.26. The first kappa shape index (κ1) is 12.7. The third-order valence-electron chi connectivity index (χ3n) is 2.88. The van der Waals surface area contributed by atoms with Crippen LogP contribution in [0, 0.1) is 0 Å². The van der Waals surface area contributed by atoms with E-state index in [-0.39, 0.29) is 12.6 Å². The Morgan fingerprint density at radius 2 is 1.83 bits per heavy atom. The number of pyridine rings is 1. The van der Waals surface area contributed by atoms with Crippen LogP contribution in [-0.2, 0) is 6.42 Å². The van der Waals surface area contributed by atoms with E-state index in [9.17, 15) is 5.11 Å². The first-order chi connectivity index (χ1) is 8.90. The smallest absolute Gasteiger partial charge is 0.0626 e. The van der Waals surface area contributed by atoms with Crippen LogP contribution in [0.2, 0.25) is 0 Å². The summed E-state index contributed by atoms with van der Waals surface area (Å²) in [7, 11) is 0. The number of benzene rings is 1. The molecule has 0 aliphatic rings. The number of nitrogens with one attached hydrogen (secondary N) is 1. The van der Waals surface area contributed by atoms with Crippen molar-refractivity contribution in [3.8, 4) is 0 Å². The molecule has 0 aliphatic heterocycles. The zero-order valence-electron chi connectivity index (χ0n) is 10.3. The van der Waals surface area contributed by atoms with Crippen LogP contribution >= 0.6 is 0 Å². The minimum atomic E-state index is -0.00471. The molecule has 2 N–H and O–H groups in total. The molecule has 18 heavy (non-hydrogen) atoms. The predicted molar refractivity (Wildman–Crippen MR) is 72.2 cm³/mol. The van der Waals surface area contributed by atoms with Gasteiger partial charge in [-0.1, -0.05) is 36.4 Å². The highest BCUT2D eigenvalue weighted by atomic mass is 16.3. The fourth-order valence-corrected chi connectivity index (χ4v) is 1.89. The van der Waals surface area contributed by atoms with Gasteiger partial charge in [-0.05, 0) is 17.7 Å². The molecule has 1 aromatic heterocycles. The largest absolute Gasteiger partial charge is 0.394 e. The van der Waals surface area contributed by atoms with Crippen molar-refractivity contribution in [1.82, 2.24) is 10.3 Å². The van der Waals surface area contributed by atoms with Crippen LogP contribution in [0.3, 0.4) is 0 Å². The van der Waals surface area contributed by atoms with Crippen molar-refractivity contribution in [3.63, 3.8) is 0 Å². The van der Waals surface area contributed by atoms with Crippen molar-refractivity contribution in [2.45, 2.75) is 12.5 Å². The van der Waals surface area contributed by atoms with E-state index < -0.39 is 0 Å². The van der Waals surface area contributed by atoms with Crippen molar-refractivity contribution < 1.29 is 5.11 Å². The van der Waals surface area contributed by atoms with E-state index in [1.807, 2.05) is 48.5 Å². The fourth-order valence-electron chi connectivity index (χ4n) is 1.89. The maximum atomic E-state index is 9.40. The highest BCUT2D eigenvalue weighted by molar-refractivity contribution is 5.19. The summed E-state index contributed by atoms with van der Waals surface area (Å²) in [6.45, 7) is 0.906. The van der Waals surface area contributed by atoms with Crippen molar-refractivity contribution in [1.29, 1.82) is 0 Å². The maximum absolute atomic E-state index is 9.40. The van der Waals surface area contributed by atoms with Gasteiger partial charge < -0.3 is 10.4 Å². The number of rotatable bonds is 6. The average Bonchev–Trinajstić information content (AvgIpc) is 2.46. The van der Waals surface area contributed by atoms with E-state index in [0.29, 0.717) is 0 Å². The molecule has 1 aromatic carbocycles. The van der Waals surface area contributed by atoms with Gasteiger partial charge in [0.25, 0.3) is 0 Å². The second-order valence-electron chi connectivity index (χ2n) is 4.17. The third kappa shape index (κ3) is 3.65. The normalized spacial score (nSPS) is 12.3. The lowest BCUT2D eigenvalue weighted by Gasteiger charge is -2.16. The van der Waals surface area contributed by atoms with Crippen LogP contribution < -0.4 is 5.32 Å². The van der Waals surface area contributed by atoms with Gasteiger partial charge in [-0.25, -0.2) is 0 Å². The Hall–Kier alpha value is -1.71. The molecule has 0 bridgehead atoms. The molecule has 0 saturated carbocycles. The molecule has 0 radical (unpaired) electrons. The zero-order chi connectivity index (χ0) is 12.6. The van der Waals surface area contributed by atoms with E-state index in [1.165, 1.54) is 0 Å². The van der Waals surface area contributed by atoms with Gasteiger partial charge in [0, 0.05) is 24.9 Å². The van der Waals surface area contributed by atoms with E-state index >= 15 is 0 Å². The van der Waals surface area contributed by atoms with Crippen LogP contribution in [0.5, 0.6) is 0 Å². The van der Waals surface area contributed by atoms with Gasteiger partial charge >= 0.3 is 0 Å². The summed E-state index contributed by atoms with van der Waals surface area (Å²) in [5, 5.41) is 12.7. The molecule has 0 saturated heterocycles. The average molecular weight is 242 g/mol. The lowest BCUT2D eigenvalue weighted by atomic mass is 10.1. The topological polar surface area (TPSA) is 45.1 Å². The summed E-state index contributed by atoms with van der Waals surface area (Å²) in [6.07, 6.45) is 2.67. The van der Waals surface area contributed by atoms with Crippen molar-refractivity contribution >= 4 is 0 Å². The molecule has 0 aliphatic carbocycles. The summed E-state index contributed by atoms with van der Waals surface area (Å²) >= 11 is 0. The van der Waals surface area contributed by atoms with E-state index in [4.69, 9.17) is 0 Å². The second-order valence-corrected chi connectivity index (χ2v) is 4.17. The number of aliphatic hydroxyl groups is 1. The monoisotopic (exact) mass is 242 g/mol. The highest BCUT2D eigenvalue weighted by Gasteiger charge is 2.08. The highest BCUT2D eigenvalue weighted by Crippen LogP contribution is 2.11. The Labute approximate surface area is 108 Å². The van der Waals surface area contributed by atoms with Crippen LogP contribution in [-0.4, -0.2) is 23.2 Å². The Balaban J connectivity index is 1.85. The van der Waals surface area contributed by atoms with Gasteiger partial charge in [0.1, 0.15) is 0 Å². The van der Waals surface area contributed by atoms with Crippen LogP contribution in [0.1, 0.15) is 17.3 Å². The van der Waals surface area contributed by atoms with Gasteiger partial charge in [-0.3, -0.25) is 4.98 Å². The minimum absolute atomic E-state index is 0.00471. The Morgan fingerprint density at radius 1 is 1.06 bits per heavy atom. The molecule has 2 rings (SSSR count).